The van der Waals surface area contributed by atoms with Gasteiger partial charge in [-0.25, -0.2) is 0 Å². The van der Waals surface area contributed by atoms with Gasteiger partial charge in [0.05, 0.1) is 10.5 Å². The van der Waals surface area contributed by atoms with Crippen LogP contribution < -0.4 is 5.32 Å². The number of hydrogen-bond donors (Lipinski definition) is 1. The van der Waals surface area contributed by atoms with Crippen LogP contribution in [0, 0.1) is 17.0 Å². The van der Waals surface area contributed by atoms with E-state index in [1.165, 1.54) is 18.2 Å². The molecular weight excluding hydrogens is 368 g/mol. The molecule has 0 saturated carbocycles. The van der Waals surface area contributed by atoms with Gasteiger partial charge in [0, 0.05) is 22.9 Å². The fourth-order valence-electron chi connectivity index (χ4n) is 2.44. The Hall–Kier alpha value is -3.38. The lowest BCUT2D eigenvalue weighted by molar-refractivity contribution is -0.384. The van der Waals surface area contributed by atoms with E-state index in [2.05, 4.69) is 5.32 Å². The summed E-state index contributed by atoms with van der Waals surface area (Å²) in [4.78, 5) is 22.7. The second-order valence-electron chi connectivity index (χ2n) is 5.76. The number of carbonyl (C=O) groups excluding carboxylic acids is 1. The number of rotatable bonds is 5. The van der Waals surface area contributed by atoms with Crippen molar-refractivity contribution in [3.63, 3.8) is 0 Å². The molecule has 0 spiro atoms. The predicted molar refractivity (Wildman–Crippen MR) is 105 cm³/mol. The van der Waals surface area contributed by atoms with Gasteiger partial charge in [-0.1, -0.05) is 29.8 Å². The highest BCUT2D eigenvalue weighted by Gasteiger charge is 2.16. The summed E-state index contributed by atoms with van der Waals surface area (Å²) in [5.41, 5.74) is 1.83. The van der Waals surface area contributed by atoms with Crippen molar-refractivity contribution in [2.45, 2.75) is 6.92 Å². The van der Waals surface area contributed by atoms with Gasteiger partial charge in [-0.05, 0) is 48.9 Å². The van der Waals surface area contributed by atoms with Gasteiger partial charge in [-0.2, -0.15) is 0 Å². The highest BCUT2D eigenvalue weighted by molar-refractivity contribution is 6.31. The SMILES string of the molecule is Cc1ccc(NC(=O)/C=C/c2ccc(-c3ccccc3[N+](=O)[O-])o2)cc1Cl. The van der Waals surface area contributed by atoms with Crippen LogP contribution in [0.5, 0.6) is 0 Å². The fourth-order valence-corrected chi connectivity index (χ4v) is 2.62. The Bertz CT molecular complexity index is 1040. The number of nitro groups is 1. The first-order valence-corrected chi connectivity index (χ1v) is 8.40. The zero-order valence-electron chi connectivity index (χ0n) is 14.3. The maximum Gasteiger partial charge on any atom is 0.280 e. The van der Waals surface area contributed by atoms with E-state index < -0.39 is 4.92 Å². The number of nitro benzene ring substituents is 1. The van der Waals surface area contributed by atoms with Crippen molar-refractivity contribution in [1.82, 2.24) is 0 Å². The van der Waals surface area contributed by atoms with Crippen LogP contribution in [0.25, 0.3) is 17.4 Å². The zero-order chi connectivity index (χ0) is 19.4. The summed E-state index contributed by atoms with van der Waals surface area (Å²) in [6.07, 6.45) is 2.80. The molecule has 0 aliphatic carbocycles. The largest absolute Gasteiger partial charge is 0.456 e. The van der Waals surface area contributed by atoms with E-state index in [0.29, 0.717) is 27.8 Å². The Morgan fingerprint density at radius 1 is 1.19 bits per heavy atom. The molecule has 1 aromatic heterocycles. The smallest absolute Gasteiger partial charge is 0.280 e. The monoisotopic (exact) mass is 382 g/mol. The molecule has 0 fully saturated rings. The summed E-state index contributed by atoms with van der Waals surface area (Å²) in [5, 5.41) is 14.4. The Kier molecular flexibility index (Phi) is 5.38. The number of para-hydroxylation sites is 1. The third-order valence-corrected chi connectivity index (χ3v) is 4.24. The maximum absolute atomic E-state index is 12.0. The molecular formula is C20H15ClN2O4. The lowest BCUT2D eigenvalue weighted by atomic mass is 10.1. The Morgan fingerprint density at radius 3 is 2.70 bits per heavy atom. The lowest BCUT2D eigenvalue weighted by Gasteiger charge is -2.04. The molecule has 0 bridgehead atoms. The van der Waals surface area contributed by atoms with Crippen molar-refractivity contribution in [2.24, 2.45) is 0 Å². The number of halogens is 1. The van der Waals surface area contributed by atoms with Crippen LogP contribution in [0.3, 0.4) is 0 Å². The first-order chi connectivity index (χ1) is 12.9. The van der Waals surface area contributed by atoms with Crippen molar-refractivity contribution in [3.05, 3.63) is 87.1 Å². The van der Waals surface area contributed by atoms with Crippen LogP contribution in [-0.4, -0.2) is 10.8 Å². The Balaban J connectivity index is 1.73. The van der Waals surface area contributed by atoms with E-state index in [0.717, 1.165) is 5.56 Å². The molecule has 0 saturated heterocycles. The summed E-state index contributed by atoms with van der Waals surface area (Å²) in [7, 11) is 0. The van der Waals surface area contributed by atoms with Gasteiger partial charge in [0.15, 0.2) is 0 Å². The molecule has 0 atom stereocenters. The average Bonchev–Trinajstić information content (AvgIpc) is 3.12. The highest BCUT2D eigenvalue weighted by atomic mass is 35.5. The summed E-state index contributed by atoms with van der Waals surface area (Å²) >= 11 is 6.03. The molecule has 136 valence electrons. The van der Waals surface area contributed by atoms with E-state index in [1.807, 2.05) is 13.0 Å². The molecule has 0 radical (unpaired) electrons. The number of nitrogens with one attached hydrogen (secondary N) is 1. The minimum Gasteiger partial charge on any atom is -0.456 e. The standard InChI is InChI=1S/C20H15ClN2O4/c1-13-6-7-14(12-17(13)21)22-20(24)11-9-15-8-10-19(27-15)16-4-2-3-5-18(16)23(25)26/h2-12H,1H3,(H,22,24)/b11-9+. The molecule has 7 heteroatoms. The van der Waals surface area contributed by atoms with Crippen molar-refractivity contribution in [2.75, 3.05) is 5.32 Å². The molecule has 1 amide bonds. The van der Waals surface area contributed by atoms with Gasteiger partial charge in [-0.3, -0.25) is 14.9 Å². The molecule has 27 heavy (non-hydrogen) atoms. The molecule has 0 unspecified atom stereocenters. The minimum atomic E-state index is -0.465. The van der Waals surface area contributed by atoms with Gasteiger partial charge in [0.1, 0.15) is 11.5 Å². The van der Waals surface area contributed by atoms with Crippen LogP contribution in [0.4, 0.5) is 11.4 Å². The lowest BCUT2D eigenvalue weighted by Crippen LogP contribution is -2.07. The summed E-state index contributed by atoms with van der Waals surface area (Å²) < 4.78 is 5.60. The van der Waals surface area contributed by atoms with Gasteiger partial charge in [0.2, 0.25) is 5.91 Å². The van der Waals surface area contributed by atoms with E-state index in [4.69, 9.17) is 16.0 Å². The van der Waals surface area contributed by atoms with Crippen molar-refractivity contribution < 1.29 is 14.1 Å². The molecule has 2 aromatic carbocycles. The first-order valence-electron chi connectivity index (χ1n) is 8.03. The van der Waals surface area contributed by atoms with Crippen molar-refractivity contribution in [3.8, 4) is 11.3 Å². The molecule has 0 aliphatic rings. The number of benzene rings is 2. The van der Waals surface area contributed by atoms with E-state index >= 15 is 0 Å². The van der Waals surface area contributed by atoms with E-state index in [1.54, 1.807) is 42.5 Å². The zero-order valence-corrected chi connectivity index (χ0v) is 15.1. The third-order valence-electron chi connectivity index (χ3n) is 3.83. The highest BCUT2D eigenvalue weighted by Crippen LogP contribution is 2.31. The minimum absolute atomic E-state index is 0.0450. The van der Waals surface area contributed by atoms with E-state index in [-0.39, 0.29) is 11.6 Å². The Labute approximate surface area is 160 Å². The van der Waals surface area contributed by atoms with Crippen molar-refractivity contribution >= 4 is 35.0 Å². The molecule has 3 rings (SSSR count). The number of aryl methyl sites for hydroxylation is 1. The quantitative estimate of drug-likeness (QED) is 0.360. The number of carbonyl (C=O) groups is 1. The topological polar surface area (TPSA) is 85.4 Å². The fraction of sp³-hybridized carbons (Fsp3) is 0.0500. The number of hydrogen-bond acceptors (Lipinski definition) is 4. The molecule has 6 nitrogen and oxygen atoms in total. The second-order valence-corrected chi connectivity index (χ2v) is 6.17. The van der Waals surface area contributed by atoms with Gasteiger partial charge in [0.25, 0.3) is 5.69 Å². The normalized spacial score (nSPS) is 10.9. The molecule has 3 aromatic rings. The summed E-state index contributed by atoms with van der Waals surface area (Å²) in [6, 6.07) is 14.8. The second kappa shape index (κ2) is 7.88. The van der Waals surface area contributed by atoms with Crippen molar-refractivity contribution in [1.29, 1.82) is 0 Å². The number of nitrogens with zero attached hydrogens (tertiary/aromatic N) is 1. The van der Waals surface area contributed by atoms with Crippen LogP contribution in [0.1, 0.15) is 11.3 Å². The van der Waals surface area contributed by atoms with Gasteiger partial charge in [-0.15, -0.1) is 0 Å². The first kappa shape index (κ1) is 18.4. The maximum atomic E-state index is 12.0. The summed E-state index contributed by atoms with van der Waals surface area (Å²) in [6.45, 7) is 1.87. The molecule has 0 aliphatic heterocycles. The predicted octanol–water partition coefficient (Wildman–Crippen LogP) is 5.47. The van der Waals surface area contributed by atoms with Gasteiger partial charge < -0.3 is 9.73 Å². The average molecular weight is 383 g/mol. The third kappa shape index (κ3) is 4.43. The van der Waals surface area contributed by atoms with Crippen LogP contribution >= 0.6 is 11.6 Å². The summed E-state index contributed by atoms with van der Waals surface area (Å²) in [5.74, 6) is 0.409. The number of anilines is 1. The van der Waals surface area contributed by atoms with Crippen LogP contribution in [-0.2, 0) is 4.79 Å². The Morgan fingerprint density at radius 2 is 1.96 bits per heavy atom. The van der Waals surface area contributed by atoms with Crippen LogP contribution in [0.15, 0.2) is 65.1 Å². The molecule has 1 heterocycles. The number of furan rings is 1. The van der Waals surface area contributed by atoms with Crippen LogP contribution in [0.2, 0.25) is 5.02 Å². The van der Waals surface area contributed by atoms with E-state index in [9.17, 15) is 14.9 Å². The molecule has 1 N–H and O–H groups in total. The number of amides is 1. The van der Waals surface area contributed by atoms with Gasteiger partial charge >= 0.3 is 0 Å².